The van der Waals surface area contributed by atoms with Crippen LogP contribution in [0.1, 0.15) is 32.1 Å². The number of aldehydes is 1. The van der Waals surface area contributed by atoms with Crippen LogP contribution in [0.5, 0.6) is 0 Å². The molecule has 7 nitrogen and oxygen atoms in total. The average Bonchev–Trinajstić information content (AvgIpc) is 2.77. The molecule has 0 bridgehead atoms. The van der Waals surface area contributed by atoms with Gasteiger partial charge < -0.3 is 5.11 Å². The van der Waals surface area contributed by atoms with Gasteiger partial charge in [-0.3, -0.25) is 14.2 Å². The fourth-order valence-electron chi connectivity index (χ4n) is 1.65. The quantitative estimate of drug-likeness (QED) is 0.852. The number of carboxylic acid groups (broad SMARTS) is 1. The van der Waals surface area contributed by atoms with Gasteiger partial charge >= 0.3 is 5.97 Å². The lowest BCUT2D eigenvalue weighted by Gasteiger charge is -1.90. The van der Waals surface area contributed by atoms with Crippen molar-refractivity contribution in [3.05, 3.63) is 32.8 Å². The van der Waals surface area contributed by atoms with E-state index in [-0.39, 0.29) is 10.7 Å². The normalized spacial score (nSPS) is 10.0. The lowest BCUT2D eigenvalue weighted by atomic mass is 10.3. The van der Waals surface area contributed by atoms with Crippen LogP contribution in [0.15, 0.2) is 0 Å². The third kappa shape index (κ3) is 3.62. The number of carbonyl (C=O) groups excluding carboxylic acids is 1. The van der Waals surface area contributed by atoms with E-state index in [9.17, 15) is 9.59 Å². The van der Waals surface area contributed by atoms with Crippen molar-refractivity contribution < 1.29 is 14.7 Å². The molecule has 0 aromatic carbocycles. The summed E-state index contributed by atoms with van der Waals surface area (Å²) in [5.74, 6) is -1.04. The van der Waals surface area contributed by atoms with Gasteiger partial charge in [0, 0.05) is 14.1 Å². The van der Waals surface area contributed by atoms with Gasteiger partial charge in [-0.2, -0.15) is 10.2 Å². The fraction of sp³-hybridized carbons (Fsp3) is 0.333. The lowest BCUT2D eigenvalue weighted by Crippen LogP contribution is -1.97. The summed E-state index contributed by atoms with van der Waals surface area (Å²) in [6, 6.07) is 0. The number of rotatable bonds is 2. The summed E-state index contributed by atoms with van der Waals surface area (Å²) < 4.78 is 2.81. The highest BCUT2D eigenvalue weighted by Crippen LogP contribution is 2.17. The zero-order valence-corrected chi connectivity index (χ0v) is 13.4. The van der Waals surface area contributed by atoms with E-state index in [2.05, 4.69) is 10.2 Å². The van der Waals surface area contributed by atoms with Gasteiger partial charge in [-0.05, 0) is 13.8 Å². The SMILES string of the molecule is Cc1nn(C)c(Cl)c1C(=O)O.Cc1nn(C)c(Cl)c1C=O. The predicted molar refractivity (Wildman–Crippen MR) is 78.3 cm³/mol. The Kier molecular flexibility index (Phi) is 5.51. The number of aryl methyl sites for hydroxylation is 4. The highest BCUT2D eigenvalue weighted by molar-refractivity contribution is 6.32. The van der Waals surface area contributed by atoms with E-state index in [1.807, 2.05) is 0 Å². The number of aromatic nitrogens is 4. The molecule has 2 heterocycles. The van der Waals surface area contributed by atoms with Crippen molar-refractivity contribution in [3.8, 4) is 0 Å². The molecule has 2 aromatic rings. The van der Waals surface area contributed by atoms with Crippen LogP contribution in [0.4, 0.5) is 0 Å². The fourth-order valence-corrected chi connectivity index (χ4v) is 2.13. The molecule has 0 radical (unpaired) electrons. The van der Waals surface area contributed by atoms with Crippen LogP contribution in [0.25, 0.3) is 0 Å². The summed E-state index contributed by atoms with van der Waals surface area (Å²) in [4.78, 5) is 20.8. The van der Waals surface area contributed by atoms with Gasteiger partial charge in [0.15, 0.2) is 6.29 Å². The molecule has 0 aliphatic rings. The van der Waals surface area contributed by atoms with E-state index in [4.69, 9.17) is 28.3 Å². The van der Waals surface area contributed by atoms with Crippen molar-refractivity contribution in [1.29, 1.82) is 0 Å². The van der Waals surface area contributed by atoms with Gasteiger partial charge in [0.25, 0.3) is 0 Å². The van der Waals surface area contributed by atoms with Crippen LogP contribution in [-0.2, 0) is 14.1 Å². The summed E-state index contributed by atoms with van der Waals surface area (Å²) >= 11 is 11.3. The van der Waals surface area contributed by atoms with E-state index >= 15 is 0 Å². The van der Waals surface area contributed by atoms with E-state index in [1.54, 1.807) is 27.9 Å². The molecule has 2 rings (SSSR count). The summed E-state index contributed by atoms with van der Waals surface area (Å²) in [5, 5.41) is 17.0. The largest absolute Gasteiger partial charge is 0.478 e. The molecule has 2 aromatic heterocycles. The number of carboxylic acids is 1. The van der Waals surface area contributed by atoms with Crippen molar-refractivity contribution in [2.24, 2.45) is 14.1 Å². The maximum absolute atomic E-state index is 10.5. The van der Waals surface area contributed by atoms with Gasteiger partial charge in [-0.15, -0.1) is 0 Å². The van der Waals surface area contributed by atoms with Crippen molar-refractivity contribution in [2.45, 2.75) is 13.8 Å². The van der Waals surface area contributed by atoms with Crippen LogP contribution in [0.2, 0.25) is 10.3 Å². The molecule has 0 amide bonds. The molecule has 0 atom stereocenters. The number of hydrogen-bond donors (Lipinski definition) is 1. The van der Waals surface area contributed by atoms with Crippen molar-refractivity contribution in [2.75, 3.05) is 0 Å². The second kappa shape index (κ2) is 6.73. The summed E-state index contributed by atoms with van der Waals surface area (Å²) in [7, 11) is 3.30. The first kappa shape index (κ1) is 17.2. The first-order chi connectivity index (χ1) is 9.70. The molecule has 0 aliphatic heterocycles. The molecule has 21 heavy (non-hydrogen) atoms. The average molecular weight is 333 g/mol. The molecule has 0 fully saturated rings. The Labute approximate surface area is 131 Å². The summed E-state index contributed by atoms with van der Waals surface area (Å²) in [6.45, 7) is 3.35. The molecular weight excluding hydrogens is 319 g/mol. The lowest BCUT2D eigenvalue weighted by molar-refractivity contribution is 0.0696. The molecule has 114 valence electrons. The van der Waals surface area contributed by atoms with E-state index < -0.39 is 5.97 Å². The third-order valence-corrected chi connectivity index (χ3v) is 3.56. The minimum Gasteiger partial charge on any atom is -0.478 e. The van der Waals surface area contributed by atoms with Gasteiger partial charge in [0.05, 0.1) is 17.0 Å². The molecule has 0 saturated carbocycles. The topological polar surface area (TPSA) is 90.0 Å². The van der Waals surface area contributed by atoms with Gasteiger partial charge in [-0.25, -0.2) is 4.79 Å². The Hall–Kier alpha value is -1.86. The zero-order valence-electron chi connectivity index (χ0n) is 11.9. The summed E-state index contributed by atoms with van der Waals surface area (Å²) in [5.41, 5.74) is 1.66. The molecule has 0 spiro atoms. The standard InChI is InChI=1S/C6H7ClN2O2.C6H7ClN2O/c1-3-4(6(10)11)5(7)9(2)8-3;1-4-5(3-10)6(7)9(2)8-4/h1-2H3,(H,10,11);3H,1-2H3. The van der Waals surface area contributed by atoms with E-state index in [1.165, 1.54) is 9.36 Å². The van der Waals surface area contributed by atoms with Crippen LogP contribution < -0.4 is 0 Å². The molecular formula is C12H14Cl2N4O3. The van der Waals surface area contributed by atoms with Crippen molar-refractivity contribution >= 4 is 35.5 Å². The Morgan fingerprint density at radius 2 is 1.57 bits per heavy atom. The van der Waals surface area contributed by atoms with E-state index in [0.717, 1.165) is 0 Å². The number of hydrogen-bond acceptors (Lipinski definition) is 4. The molecule has 1 N–H and O–H groups in total. The van der Waals surface area contributed by atoms with Crippen LogP contribution in [0, 0.1) is 13.8 Å². The highest BCUT2D eigenvalue weighted by Gasteiger charge is 2.17. The number of carbonyl (C=O) groups is 2. The maximum Gasteiger partial charge on any atom is 0.340 e. The Bertz CT molecular complexity index is 691. The first-order valence-corrected chi connectivity index (χ1v) is 6.52. The Morgan fingerprint density at radius 3 is 1.76 bits per heavy atom. The van der Waals surface area contributed by atoms with Gasteiger partial charge in [-0.1, -0.05) is 23.2 Å². The minimum absolute atomic E-state index is 0.0779. The Morgan fingerprint density at radius 1 is 1.10 bits per heavy atom. The van der Waals surface area contributed by atoms with Crippen LogP contribution in [0.3, 0.4) is 0 Å². The molecule has 0 saturated heterocycles. The van der Waals surface area contributed by atoms with Crippen molar-refractivity contribution in [3.63, 3.8) is 0 Å². The molecule has 9 heteroatoms. The number of halogens is 2. The minimum atomic E-state index is -1.04. The van der Waals surface area contributed by atoms with E-state index in [0.29, 0.717) is 28.4 Å². The third-order valence-electron chi connectivity index (χ3n) is 2.68. The second-order valence-electron chi connectivity index (χ2n) is 4.21. The smallest absolute Gasteiger partial charge is 0.340 e. The highest BCUT2D eigenvalue weighted by atomic mass is 35.5. The molecule has 0 unspecified atom stereocenters. The van der Waals surface area contributed by atoms with Gasteiger partial charge in [0.2, 0.25) is 0 Å². The first-order valence-electron chi connectivity index (χ1n) is 5.77. The number of aromatic carboxylic acids is 1. The number of nitrogens with zero attached hydrogens (tertiary/aromatic N) is 4. The summed E-state index contributed by atoms with van der Waals surface area (Å²) in [6.07, 6.45) is 0.713. The maximum atomic E-state index is 10.5. The zero-order chi connectivity index (χ0) is 16.3. The van der Waals surface area contributed by atoms with Crippen LogP contribution >= 0.6 is 23.2 Å². The monoisotopic (exact) mass is 332 g/mol. The van der Waals surface area contributed by atoms with Crippen LogP contribution in [-0.4, -0.2) is 36.9 Å². The van der Waals surface area contributed by atoms with Gasteiger partial charge in [0.1, 0.15) is 15.9 Å². The second-order valence-corrected chi connectivity index (χ2v) is 4.93. The molecule has 0 aliphatic carbocycles. The van der Waals surface area contributed by atoms with Crippen molar-refractivity contribution in [1.82, 2.24) is 19.6 Å². The predicted octanol–water partition coefficient (Wildman–Crippen LogP) is 2.27. The Balaban J connectivity index is 0.000000211.